The molecule has 0 bridgehead atoms. The molecule has 0 spiro atoms. The van der Waals surface area contributed by atoms with Crippen LogP contribution in [0.2, 0.25) is 5.15 Å². The topological polar surface area (TPSA) is 35.0 Å². The SMILES string of the molecule is Cc1cc(Oc2cc(Cl)nc(C3CC3)n2)ccc1Br. The summed E-state index contributed by atoms with van der Waals surface area (Å²) in [4.78, 5) is 8.65. The van der Waals surface area contributed by atoms with Crippen molar-refractivity contribution in [1.29, 1.82) is 0 Å². The Balaban J connectivity index is 1.87. The zero-order valence-electron chi connectivity index (χ0n) is 10.4. The minimum Gasteiger partial charge on any atom is -0.439 e. The van der Waals surface area contributed by atoms with Gasteiger partial charge >= 0.3 is 0 Å². The lowest BCUT2D eigenvalue weighted by atomic mass is 10.2. The van der Waals surface area contributed by atoms with Gasteiger partial charge in [-0.25, -0.2) is 4.98 Å². The third-order valence-electron chi connectivity index (χ3n) is 2.98. The van der Waals surface area contributed by atoms with E-state index in [0.29, 0.717) is 17.0 Å². The monoisotopic (exact) mass is 338 g/mol. The molecule has 0 unspecified atom stereocenters. The average Bonchev–Trinajstić information content (AvgIpc) is 3.17. The lowest BCUT2D eigenvalue weighted by Crippen LogP contribution is -1.96. The Morgan fingerprint density at radius 1 is 1.26 bits per heavy atom. The largest absolute Gasteiger partial charge is 0.439 e. The minimum atomic E-state index is 0.431. The fourth-order valence-corrected chi connectivity index (χ4v) is 2.22. The first kappa shape index (κ1) is 12.9. The van der Waals surface area contributed by atoms with Crippen LogP contribution in [0, 0.1) is 6.92 Å². The number of nitrogens with zero attached hydrogens (tertiary/aromatic N) is 2. The van der Waals surface area contributed by atoms with Crippen molar-refractivity contribution in [3.8, 4) is 11.6 Å². The number of hydrogen-bond donors (Lipinski definition) is 0. The molecule has 1 saturated carbocycles. The molecule has 0 aliphatic heterocycles. The molecule has 0 N–H and O–H groups in total. The third kappa shape index (κ3) is 3.07. The first-order valence-corrected chi connectivity index (χ1v) is 7.27. The van der Waals surface area contributed by atoms with Gasteiger partial charge in [-0.15, -0.1) is 0 Å². The number of rotatable bonds is 3. The lowest BCUT2D eigenvalue weighted by Gasteiger charge is -2.08. The number of benzene rings is 1. The zero-order valence-corrected chi connectivity index (χ0v) is 12.7. The molecular formula is C14H12BrClN2O. The van der Waals surface area contributed by atoms with Crippen LogP contribution >= 0.6 is 27.5 Å². The Hall–Kier alpha value is -1.13. The van der Waals surface area contributed by atoms with E-state index in [1.165, 1.54) is 0 Å². The van der Waals surface area contributed by atoms with Crippen LogP contribution in [-0.4, -0.2) is 9.97 Å². The zero-order chi connectivity index (χ0) is 13.4. The van der Waals surface area contributed by atoms with E-state index in [4.69, 9.17) is 16.3 Å². The maximum absolute atomic E-state index is 6.01. The first-order chi connectivity index (χ1) is 9.11. The van der Waals surface area contributed by atoms with Crippen LogP contribution in [0.25, 0.3) is 0 Å². The number of halogens is 2. The van der Waals surface area contributed by atoms with Crippen LogP contribution in [0.4, 0.5) is 0 Å². The van der Waals surface area contributed by atoms with Gasteiger partial charge in [-0.2, -0.15) is 4.98 Å². The molecule has 1 heterocycles. The smallest absolute Gasteiger partial charge is 0.224 e. The van der Waals surface area contributed by atoms with Crippen molar-refractivity contribution in [3.63, 3.8) is 0 Å². The summed E-state index contributed by atoms with van der Waals surface area (Å²) in [6.07, 6.45) is 2.27. The van der Waals surface area contributed by atoms with E-state index in [-0.39, 0.29) is 0 Å². The number of hydrogen-bond acceptors (Lipinski definition) is 3. The van der Waals surface area contributed by atoms with Gasteiger partial charge in [-0.3, -0.25) is 0 Å². The van der Waals surface area contributed by atoms with Gasteiger partial charge in [0.15, 0.2) is 0 Å². The van der Waals surface area contributed by atoms with Crippen molar-refractivity contribution >= 4 is 27.5 Å². The molecule has 3 rings (SSSR count). The standard InChI is InChI=1S/C14H12BrClN2O/c1-8-6-10(4-5-11(8)15)19-13-7-12(16)17-14(18-13)9-2-3-9/h4-7,9H,2-3H2,1H3. The number of aromatic nitrogens is 2. The molecule has 1 aliphatic rings. The van der Waals surface area contributed by atoms with Gasteiger partial charge in [0.25, 0.3) is 0 Å². The van der Waals surface area contributed by atoms with Crippen molar-refractivity contribution in [3.05, 3.63) is 45.3 Å². The summed E-state index contributed by atoms with van der Waals surface area (Å²) in [5.41, 5.74) is 1.11. The van der Waals surface area contributed by atoms with Crippen LogP contribution in [-0.2, 0) is 0 Å². The van der Waals surface area contributed by atoms with E-state index < -0.39 is 0 Å². The highest BCUT2D eigenvalue weighted by Gasteiger charge is 2.27. The number of ether oxygens (including phenoxy) is 1. The van der Waals surface area contributed by atoms with Crippen molar-refractivity contribution in [1.82, 2.24) is 9.97 Å². The Labute approximate surface area is 125 Å². The van der Waals surface area contributed by atoms with E-state index in [1.54, 1.807) is 6.07 Å². The molecular weight excluding hydrogens is 328 g/mol. The van der Waals surface area contributed by atoms with Crippen LogP contribution < -0.4 is 4.74 Å². The number of aryl methyl sites for hydroxylation is 1. The normalized spacial score (nSPS) is 14.5. The van der Waals surface area contributed by atoms with Gasteiger partial charge in [0.05, 0.1) is 0 Å². The van der Waals surface area contributed by atoms with Gasteiger partial charge < -0.3 is 4.74 Å². The average molecular weight is 340 g/mol. The summed E-state index contributed by atoms with van der Waals surface area (Å²) in [6, 6.07) is 7.45. The second-order valence-electron chi connectivity index (χ2n) is 4.67. The second-order valence-corrected chi connectivity index (χ2v) is 5.92. The van der Waals surface area contributed by atoms with E-state index >= 15 is 0 Å². The van der Waals surface area contributed by atoms with Gasteiger partial charge in [0, 0.05) is 16.5 Å². The van der Waals surface area contributed by atoms with E-state index in [0.717, 1.165) is 34.5 Å². The van der Waals surface area contributed by atoms with Crippen LogP contribution in [0.1, 0.15) is 30.1 Å². The Kier molecular flexibility index (Phi) is 3.46. The van der Waals surface area contributed by atoms with Gasteiger partial charge in [0.2, 0.25) is 5.88 Å². The van der Waals surface area contributed by atoms with Crippen LogP contribution in [0.3, 0.4) is 0 Å². The lowest BCUT2D eigenvalue weighted by molar-refractivity contribution is 0.458. The van der Waals surface area contributed by atoms with Crippen molar-refractivity contribution < 1.29 is 4.74 Å². The Morgan fingerprint density at radius 3 is 2.74 bits per heavy atom. The van der Waals surface area contributed by atoms with E-state index in [9.17, 15) is 0 Å². The van der Waals surface area contributed by atoms with Gasteiger partial charge in [0.1, 0.15) is 16.7 Å². The molecule has 1 aliphatic carbocycles. The molecule has 1 aromatic heterocycles. The molecule has 1 aromatic carbocycles. The van der Waals surface area contributed by atoms with Crippen LogP contribution in [0.15, 0.2) is 28.7 Å². The highest BCUT2D eigenvalue weighted by molar-refractivity contribution is 9.10. The van der Waals surface area contributed by atoms with Crippen molar-refractivity contribution in [2.75, 3.05) is 0 Å². The highest BCUT2D eigenvalue weighted by Crippen LogP contribution is 2.39. The van der Waals surface area contributed by atoms with Crippen LogP contribution in [0.5, 0.6) is 11.6 Å². The Morgan fingerprint density at radius 2 is 2.05 bits per heavy atom. The predicted octanol–water partition coefficient (Wildman–Crippen LogP) is 4.87. The summed E-state index contributed by atoms with van der Waals surface area (Å²) in [6.45, 7) is 2.01. The molecule has 0 atom stereocenters. The summed E-state index contributed by atoms with van der Waals surface area (Å²) in [7, 11) is 0. The molecule has 98 valence electrons. The maximum atomic E-state index is 6.01. The molecule has 19 heavy (non-hydrogen) atoms. The minimum absolute atomic E-state index is 0.431. The fraction of sp³-hybridized carbons (Fsp3) is 0.286. The third-order valence-corrected chi connectivity index (χ3v) is 4.07. The summed E-state index contributed by atoms with van der Waals surface area (Å²) in [5, 5.41) is 0.431. The quantitative estimate of drug-likeness (QED) is 0.748. The fourth-order valence-electron chi connectivity index (χ4n) is 1.79. The van der Waals surface area contributed by atoms with E-state index in [2.05, 4.69) is 25.9 Å². The maximum Gasteiger partial charge on any atom is 0.224 e. The second kappa shape index (κ2) is 5.10. The van der Waals surface area contributed by atoms with Crippen molar-refractivity contribution in [2.24, 2.45) is 0 Å². The molecule has 1 fully saturated rings. The van der Waals surface area contributed by atoms with E-state index in [1.807, 2.05) is 25.1 Å². The molecule has 5 heteroatoms. The van der Waals surface area contributed by atoms with Crippen molar-refractivity contribution in [2.45, 2.75) is 25.7 Å². The highest BCUT2D eigenvalue weighted by atomic mass is 79.9. The predicted molar refractivity (Wildman–Crippen MR) is 78.0 cm³/mol. The summed E-state index contributed by atoms with van der Waals surface area (Å²) < 4.78 is 6.81. The first-order valence-electron chi connectivity index (χ1n) is 6.10. The summed E-state index contributed by atoms with van der Waals surface area (Å²) in [5.74, 6) is 2.49. The summed E-state index contributed by atoms with van der Waals surface area (Å²) >= 11 is 9.47. The molecule has 3 nitrogen and oxygen atoms in total. The van der Waals surface area contributed by atoms with Gasteiger partial charge in [-0.1, -0.05) is 27.5 Å². The Bertz CT molecular complexity index is 629. The molecule has 0 amide bonds. The van der Waals surface area contributed by atoms with Gasteiger partial charge in [-0.05, 0) is 43.5 Å². The molecule has 0 radical (unpaired) electrons. The molecule has 2 aromatic rings. The molecule has 0 saturated heterocycles.